The van der Waals surface area contributed by atoms with Crippen molar-refractivity contribution in [2.75, 3.05) is 14.1 Å². The number of nitrogens with zero attached hydrogens (tertiary/aromatic N) is 1. The fraction of sp³-hybridized carbons (Fsp3) is 0.133. The van der Waals surface area contributed by atoms with Crippen molar-refractivity contribution in [3.05, 3.63) is 48.0 Å². The van der Waals surface area contributed by atoms with Crippen LogP contribution in [0.15, 0.2) is 42.5 Å². The number of phenols is 2. The van der Waals surface area contributed by atoms with E-state index in [1.165, 1.54) is 11.0 Å². The standard InChI is InChI=1S/C15H15NO3/c1-16(2)15(19)13-12(17)9-8-11(14(13)18)10-6-4-3-5-7-10/h3-9,17-18H,1-2H3. The van der Waals surface area contributed by atoms with Crippen molar-refractivity contribution in [2.24, 2.45) is 0 Å². The van der Waals surface area contributed by atoms with E-state index in [9.17, 15) is 15.0 Å². The molecule has 0 aromatic heterocycles. The van der Waals surface area contributed by atoms with E-state index >= 15 is 0 Å². The van der Waals surface area contributed by atoms with Crippen molar-refractivity contribution < 1.29 is 15.0 Å². The van der Waals surface area contributed by atoms with Gasteiger partial charge in [-0.25, -0.2) is 0 Å². The molecular weight excluding hydrogens is 242 g/mol. The number of amides is 1. The van der Waals surface area contributed by atoms with Crippen LogP contribution in [0.2, 0.25) is 0 Å². The van der Waals surface area contributed by atoms with Gasteiger partial charge in [-0.1, -0.05) is 30.3 Å². The highest BCUT2D eigenvalue weighted by atomic mass is 16.3. The van der Waals surface area contributed by atoms with Gasteiger partial charge in [0.05, 0.1) is 0 Å². The molecule has 0 unspecified atom stereocenters. The first-order valence-corrected chi connectivity index (χ1v) is 5.84. The van der Waals surface area contributed by atoms with Gasteiger partial charge >= 0.3 is 0 Å². The number of carbonyl (C=O) groups excluding carboxylic acids is 1. The van der Waals surface area contributed by atoms with Gasteiger partial charge in [0.25, 0.3) is 5.91 Å². The Morgan fingerprint density at radius 3 is 2.21 bits per heavy atom. The summed E-state index contributed by atoms with van der Waals surface area (Å²) in [4.78, 5) is 13.3. The highest BCUT2D eigenvalue weighted by molar-refractivity contribution is 6.01. The third kappa shape index (κ3) is 2.38. The molecule has 0 radical (unpaired) electrons. The molecule has 0 atom stereocenters. The lowest BCUT2D eigenvalue weighted by molar-refractivity contribution is 0.0821. The summed E-state index contributed by atoms with van der Waals surface area (Å²) in [6.45, 7) is 0. The normalized spacial score (nSPS) is 10.2. The fourth-order valence-electron chi connectivity index (χ4n) is 1.87. The molecule has 0 heterocycles. The van der Waals surface area contributed by atoms with Crippen molar-refractivity contribution in [1.82, 2.24) is 4.90 Å². The van der Waals surface area contributed by atoms with Gasteiger partial charge < -0.3 is 15.1 Å². The third-order valence-electron chi connectivity index (χ3n) is 2.86. The number of aromatic hydroxyl groups is 2. The molecule has 2 aromatic rings. The van der Waals surface area contributed by atoms with E-state index in [0.29, 0.717) is 5.56 Å². The molecule has 0 saturated heterocycles. The molecule has 4 nitrogen and oxygen atoms in total. The Bertz CT molecular complexity index is 606. The summed E-state index contributed by atoms with van der Waals surface area (Å²) < 4.78 is 0. The maximum Gasteiger partial charge on any atom is 0.260 e. The van der Waals surface area contributed by atoms with Crippen molar-refractivity contribution in [3.63, 3.8) is 0 Å². The zero-order valence-electron chi connectivity index (χ0n) is 10.8. The fourth-order valence-corrected chi connectivity index (χ4v) is 1.87. The van der Waals surface area contributed by atoms with Gasteiger partial charge in [-0.05, 0) is 17.7 Å². The van der Waals surface area contributed by atoms with Crippen LogP contribution >= 0.6 is 0 Å². The van der Waals surface area contributed by atoms with Gasteiger partial charge in [0.1, 0.15) is 17.1 Å². The zero-order chi connectivity index (χ0) is 14.0. The summed E-state index contributed by atoms with van der Waals surface area (Å²) in [6.07, 6.45) is 0. The van der Waals surface area contributed by atoms with Crippen LogP contribution in [0.1, 0.15) is 10.4 Å². The molecule has 0 spiro atoms. The maximum absolute atomic E-state index is 12.0. The minimum atomic E-state index is -0.437. The molecule has 0 aliphatic rings. The van der Waals surface area contributed by atoms with Crippen molar-refractivity contribution in [2.45, 2.75) is 0 Å². The molecule has 0 bridgehead atoms. The number of hydrogen-bond donors (Lipinski definition) is 2. The largest absolute Gasteiger partial charge is 0.507 e. The molecule has 0 saturated carbocycles. The van der Waals surface area contributed by atoms with Crippen molar-refractivity contribution in [3.8, 4) is 22.6 Å². The van der Waals surface area contributed by atoms with Gasteiger partial charge in [0.15, 0.2) is 0 Å². The summed E-state index contributed by atoms with van der Waals surface area (Å²) in [6, 6.07) is 12.2. The number of rotatable bonds is 2. The summed E-state index contributed by atoms with van der Waals surface area (Å²) in [5.41, 5.74) is 1.22. The van der Waals surface area contributed by atoms with Gasteiger partial charge in [0.2, 0.25) is 0 Å². The topological polar surface area (TPSA) is 60.8 Å². The molecule has 98 valence electrons. The number of carbonyl (C=O) groups is 1. The third-order valence-corrected chi connectivity index (χ3v) is 2.86. The average Bonchev–Trinajstić information content (AvgIpc) is 2.39. The summed E-state index contributed by atoms with van der Waals surface area (Å²) in [5.74, 6) is -0.867. The van der Waals surface area contributed by atoms with E-state index in [-0.39, 0.29) is 17.1 Å². The first-order valence-electron chi connectivity index (χ1n) is 5.84. The van der Waals surface area contributed by atoms with E-state index in [1.807, 2.05) is 30.3 Å². The highest BCUT2D eigenvalue weighted by Gasteiger charge is 2.21. The summed E-state index contributed by atoms with van der Waals surface area (Å²) >= 11 is 0. The van der Waals surface area contributed by atoms with Crippen molar-refractivity contribution >= 4 is 5.91 Å². The van der Waals surface area contributed by atoms with E-state index in [0.717, 1.165) is 5.56 Å². The molecule has 19 heavy (non-hydrogen) atoms. The number of hydrogen-bond acceptors (Lipinski definition) is 3. The van der Waals surface area contributed by atoms with Crippen LogP contribution in [0.4, 0.5) is 0 Å². The smallest absolute Gasteiger partial charge is 0.260 e. The second kappa shape index (κ2) is 5.02. The lowest BCUT2D eigenvalue weighted by atomic mass is 10.00. The SMILES string of the molecule is CN(C)C(=O)c1c(O)ccc(-c2ccccc2)c1O. The Balaban J connectivity index is 2.61. The molecule has 1 amide bonds. The van der Waals surface area contributed by atoms with E-state index in [2.05, 4.69) is 0 Å². The number of phenolic OH excluding ortho intramolecular Hbond substituents is 2. The average molecular weight is 257 g/mol. The van der Waals surface area contributed by atoms with E-state index < -0.39 is 5.91 Å². The first-order chi connectivity index (χ1) is 9.02. The Hall–Kier alpha value is -2.49. The molecule has 0 aliphatic carbocycles. The first kappa shape index (κ1) is 13.0. The Morgan fingerprint density at radius 2 is 1.63 bits per heavy atom. The molecular formula is C15H15NO3. The van der Waals surface area contributed by atoms with Crippen LogP contribution in [0.25, 0.3) is 11.1 Å². The molecule has 2 rings (SSSR count). The van der Waals surface area contributed by atoms with Gasteiger partial charge in [-0.2, -0.15) is 0 Å². The predicted octanol–water partition coefficient (Wildman–Crippen LogP) is 2.47. The summed E-state index contributed by atoms with van der Waals surface area (Å²) in [7, 11) is 3.13. The van der Waals surface area contributed by atoms with Gasteiger partial charge in [-0.15, -0.1) is 0 Å². The molecule has 2 aromatic carbocycles. The zero-order valence-corrected chi connectivity index (χ0v) is 10.8. The molecule has 4 heteroatoms. The molecule has 0 fully saturated rings. The summed E-state index contributed by atoms with van der Waals surface area (Å²) in [5, 5.41) is 20.0. The molecule has 2 N–H and O–H groups in total. The maximum atomic E-state index is 12.0. The van der Waals surface area contributed by atoms with Crippen LogP contribution in [0, 0.1) is 0 Å². The van der Waals surface area contributed by atoms with Crippen molar-refractivity contribution in [1.29, 1.82) is 0 Å². The minimum absolute atomic E-state index is 0.0775. The van der Waals surface area contributed by atoms with Crippen LogP contribution in [-0.4, -0.2) is 35.1 Å². The predicted molar refractivity (Wildman–Crippen MR) is 73.2 cm³/mol. The van der Waals surface area contributed by atoms with Crippen LogP contribution < -0.4 is 0 Å². The Morgan fingerprint density at radius 1 is 1.00 bits per heavy atom. The van der Waals surface area contributed by atoms with Gasteiger partial charge in [-0.3, -0.25) is 4.79 Å². The second-order valence-corrected chi connectivity index (χ2v) is 4.42. The Labute approximate surface area is 111 Å². The van der Waals surface area contributed by atoms with Gasteiger partial charge in [0, 0.05) is 19.7 Å². The minimum Gasteiger partial charge on any atom is -0.507 e. The van der Waals surface area contributed by atoms with Crippen LogP contribution in [0.3, 0.4) is 0 Å². The number of benzene rings is 2. The van der Waals surface area contributed by atoms with Crippen LogP contribution in [0.5, 0.6) is 11.5 Å². The van der Waals surface area contributed by atoms with E-state index in [1.54, 1.807) is 20.2 Å². The highest BCUT2D eigenvalue weighted by Crippen LogP contribution is 2.37. The quantitative estimate of drug-likeness (QED) is 0.868. The monoisotopic (exact) mass is 257 g/mol. The Kier molecular flexibility index (Phi) is 3.42. The second-order valence-electron chi connectivity index (χ2n) is 4.42. The lowest BCUT2D eigenvalue weighted by Crippen LogP contribution is -2.22. The molecule has 0 aliphatic heterocycles. The van der Waals surface area contributed by atoms with Crippen LogP contribution in [-0.2, 0) is 0 Å². The lowest BCUT2D eigenvalue weighted by Gasteiger charge is -2.15. The van der Waals surface area contributed by atoms with E-state index in [4.69, 9.17) is 0 Å².